The van der Waals surface area contributed by atoms with Gasteiger partial charge in [0.15, 0.2) is 0 Å². The summed E-state index contributed by atoms with van der Waals surface area (Å²) in [4.78, 5) is 19.6. The van der Waals surface area contributed by atoms with Gasteiger partial charge in [-0.25, -0.2) is 9.78 Å². The third-order valence-corrected chi connectivity index (χ3v) is 5.01. The van der Waals surface area contributed by atoms with E-state index < -0.39 is 0 Å². The number of aryl methyl sites for hydroxylation is 1. The molecule has 124 valence electrons. The van der Waals surface area contributed by atoms with Gasteiger partial charge >= 0.3 is 6.03 Å². The predicted octanol–water partition coefficient (Wildman–Crippen LogP) is 2.90. The van der Waals surface area contributed by atoms with Gasteiger partial charge < -0.3 is 15.5 Å². The fourth-order valence-electron chi connectivity index (χ4n) is 3.47. The lowest BCUT2D eigenvalue weighted by Crippen LogP contribution is -2.62. The first-order valence-electron chi connectivity index (χ1n) is 7.78. The molecule has 1 fully saturated rings. The average Bonchev–Trinajstić information content (AvgIpc) is 2.70. The number of nitrogens with zero attached hydrogens (tertiary/aromatic N) is 2. The predicted molar refractivity (Wildman–Crippen MR) is 91.2 cm³/mol. The van der Waals surface area contributed by atoms with Crippen molar-refractivity contribution in [2.45, 2.75) is 71.1 Å². The summed E-state index contributed by atoms with van der Waals surface area (Å²) in [5.41, 5.74) is 2.90. The highest BCUT2D eigenvalue weighted by molar-refractivity contribution is 7.09. The van der Waals surface area contributed by atoms with Gasteiger partial charge in [-0.1, -0.05) is 0 Å². The molecule has 0 unspecified atom stereocenters. The lowest BCUT2D eigenvalue weighted by atomic mass is 9.80. The maximum absolute atomic E-state index is 12.4. The molecule has 22 heavy (non-hydrogen) atoms. The van der Waals surface area contributed by atoms with Gasteiger partial charge in [-0.3, -0.25) is 0 Å². The van der Waals surface area contributed by atoms with E-state index in [1.54, 1.807) is 16.2 Å². The maximum Gasteiger partial charge on any atom is 0.317 e. The molecule has 2 N–H and O–H groups in total. The van der Waals surface area contributed by atoms with E-state index in [0.29, 0.717) is 6.54 Å². The Morgan fingerprint density at radius 3 is 2.50 bits per heavy atom. The number of piperidine rings is 1. The van der Waals surface area contributed by atoms with E-state index in [1.165, 1.54) is 0 Å². The summed E-state index contributed by atoms with van der Waals surface area (Å²) in [5, 5.41) is 6.83. The molecule has 2 heterocycles. The van der Waals surface area contributed by atoms with Crippen LogP contribution in [-0.4, -0.2) is 40.1 Å². The van der Waals surface area contributed by atoms with Crippen LogP contribution < -0.4 is 10.6 Å². The summed E-state index contributed by atoms with van der Waals surface area (Å²) in [5.74, 6) is 0. The standard InChI is InChI=1S/C16H28N4OS/c1-11-13(22-10-17-11)9-20(6)14(21)18-12-7-15(2,3)19-16(4,5)8-12/h10,12,19H,7-9H2,1-6H3,(H,18,21). The summed E-state index contributed by atoms with van der Waals surface area (Å²) >= 11 is 1.60. The average molecular weight is 324 g/mol. The van der Waals surface area contributed by atoms with E-state index in [2.05, 4.69) is 43.3 Å². The number of amides is 2. The fourth-order valence-corrected chi connectivity index (χ4v) is 4.30. The first kappa shape index (κ1) is 17.2. The summed E-state index contributed by atoms with van der Waals surface area (Å²) < 4.78 is 0. The zero-order valence-electron chi connectivity index (χ0n) is 14.5. The minimum absolute atomic E-state index is 0.00806. The molecule has 0 saturated carbocycles. The van der Waals surface area contributed by atoms with Gasteiger partial charge in [0.05, 0.1) is 17.7 Å². The second-order valence-electron chi connectivity index (χ2n) is 7.66. The second-order valence-corrected chi connectivity index (χ2v) is 8.60. The van der Waals surface area contributed by atoms with Gasteiger partial charge in [-0.05, 0) is 47.5 Å². The molecule has 0 spiro atoms. The quantitative estimate of drug-likeness (QED) is 0.899. The molecule has 0 aromatic carbocycles. The zero-order chi connectivity index (χ0) is 16.5. The van der Waals surface area contributed by atoms with Crippen molar-refractivity contribution in [1.82, 2.24) is 20.5 Å². The summed E-state index contributed by atoms with van der Waals surface area (Å²) in [6.45, 7) is 11.4. The van der Waals surface area contributed by atoms with Crippen molar-refractivity contribution in [3.63, 3.8) is 0 Å². The molecule has 5 nitrogen and oxygen atoms in total. The Morgan fingerprint density at radius 1 is 1.41 bits per heavy atom. The van der Waals surface area contributed by atoms with Crippen LogP contribution in [0, 0.1) is 6.92 Å². The summed E-state index contributed by atoms with van der Waals surface area (Å²) in [6.07, 6.45) is 1.88. The van der Waals surface area contributed by atoms with E-state index >= 15 is 0 Å². The smallest absolute Gasteiger partial charge is 0.317 e. The Hall–Kier alpha value is -1.14. The summed E-state index contributed by atoms with van der Waals surface area (Å²) in [7, 11) is 1.84. The fraction of sp³-hybridized carbons (Fsp3) is 0.750. The van der Waals surface area contributed by atoms with Gasteiger partial charge in [-0.2, -0.15) is 0 Å². The van der Waals surface area contributed by atoms with E-state index in [1.807, 2.05) is 19.5 Å². The van der Waals surface area contributed by atoms with Crippen LogP contribution in [0.15, 0.2) is 5.51 Å². The van der Waals surface area contributed by atoms with Gasteiger partial charge in [0.2, 0.25) is 0 Å². The summed E-state index contributed by atoms with van der Waals surface area (Å²) in [6, 6.07) is 0.190. The van der Waals surface area contributed by atoms with Crippen molar-refractivity contribution in [1.29, 1.82) is 0 Å². The molecular weight excluding hydrogens is 296 g/mol. The maximum atomic E-state index is 12.4. The van der Waals surface area contributed by atoms with Crippen LogP contribution in [0.3, 0.4) is 0 Å². The molecule has 1 aliphatic heterocycles. The number of aromatic nitrogens is 1. The highest BCUT2D eigenvalue weighted by Crippen LogP contribution is 2.28. The topological polar surface area (TPSA) is 57.3 Å². The second kappa shape index (κ2) is 6.16. The Kier molecular flexibility index (Phi) is 4.82. The van der Waals surface area contributed by atoms with Crippen molar-refractivity contribution in [2.75, 3.05) is 7.05 Å². The third-order valence-electron chi connectivity index (χ3n) is 4.09. The number of thiazole rings is 1. The first-order valence-corrected chi connectivity index (χ1v) is 8.66. The molecule has 1 aromatic heterocycles. The van der Waals surface area contributed by atoms with Crippen molar-refractivity contribution in [3.05, 3.63) is 16.1 Å². The highest BCUT2D eigenvalue weighted by Gasteiger charge is 2.38. The van der Waals surface area contributed by atoms with Gasteiger partial charge in [0.1, 0.15) is 0 Å². The number of carbonyl (C=O) groups is 1. The van der Waals surface area contributed by atoms with Crippen LogP contribution >= 0.6 is 11.3 Å². The molecule has 0 aliphatic carbocycles. The van der Waals surface area contributed by atoms with Crippen molar-refractivity contribution < 1.29 is 4.79 Å². The largest absolute Gasteiger partial charge is 0.335 e. The van der Waals surface area contributed by atoms with Gasteiger partial charge in [0, 0.05) is 29.0 Å². The van der Waals surface area contributed by atoms with E-state index in [-0.39, 0.29) is 23.2 Å². The lowest BCUT2D eigenvalue weighted by Gasteiger charge is -2.46. The number of hydrogen-bond acceptors (Lipinski definition) is 4. The number of nitrogens with one attached hydrogen (secondary N) is 2. The Bertz CT molecular complexity index is 522. The van der Waals surface area contributed by atoms with Crippen LogP contribution in [0.2, 0.25) is 0 Å². The van der Waals surface area contributed by atoms with Crippen LogP contribution in [0.25, 0.3) is 0 Å². The minimum Gasteiger partial charge on any atom is -0.335 e. The molecule has 1 saturated heterocycles. The van der Waals surface area contributed by atoms with E-state index in [9.17, 15) is 4.79 Å². The molecule has 0 bridgehead atoms. The number of carbonyl (C=O) groups excluding carboxylic acids is 1. The molecule has 0 atom stereocenters. The molecule has 1 aromatic rings. The normalized spacial score (nSPS) is 20.6. The van der Waals surface area contributed by atoms with E-state index in [4.69, 9.17) is 0 Å². The van der Waals surface area contributed by atoms with Gasteiger partial charge in [0.25, 0.3) is 0 Å². The molecule has 6 heteroatoms. The number of urea groups is 1. The lowest BCUT2D eigenvalue weighted by molar-refractivity contribution is 0.140. The Morgan fingerprint density at radius 2 is 2.00 bits per heavy atom. The monoisotopic (exact) mass is 324 g/mol. The van der Waals surface area contributed by atoms with Crippen molar-refractivity contribution in [2.24, 2.45) is 0 Å². The van der Waals surface area contributed by atoms with Crippen molar-refractivity contribution >= 4 is 17.4 Å². The van der Waals surface area contributed by atoms with E-state index in [0.717, 1.165) is 23.4 Å². The SMILES string of the molecule is Cc1ncsc1CN(C)C(=O)NC1CC(C)(C)NC(C)(C)C1. The molecular formula is C16H28N4OS. The van der Waals surface area contributed by atoms with Crippen LogP contribution in [0.4, 0.5) is 4.79 Å². The zero-order valence-corrected chi connectivity index (χ0v) is 15.3. The molecule has 0 radical (unpaired) electrons. The van der Waals surface area contributed by atoms with Crippen LogP contribution in [0.1, 0.15) is 51.1 Å². The van der Waals surface area contributed by atoms with Crippen LogP contribution in [-0.2, 0) is 6.54 Å². The molecule has 2 amide bonds. The molecule has 2 rings (SSSR count). The first-order chi connectivity index (χ1) is 10.1. The highest BCUT2D eigenvalue weighted by atomic mass is 32.1. The van der Waals surface area contributed by atoms with Crippen molar-refractivity contribution in [3.8, 4) is 0 Å². The Labute approximate surface area is 137 Å². The molecule has 1 aliphatic rings. The van der Waals surface area contributed by atoms with Crippen LogP contribution in [0.5, 0.6) is 0 Å². The van der Waals surface area contributed by atoms with Gasteiger partial charge in [-0.15, -0.1) is 11.3 Å². The third kappa shape index (κ3) is 4.43. The Balaban J connectivity index is 1.95. The minimum atomic E-state index is -0.00806. The number of rotatable bonds is 3. The number of hydrogen-bond donors (Lipinski definition) is 2.